The number of hydrogen-bond donors (Lipinski definition) is 2. The van der Waals surface area contributed by atoms with Crippen molar-refractivity contribution < 1.29 is 24.2 Å². The zero-order valence-electron chi connectivity index (χ0n) is 10.6. The molecule has 0 unspecified atom stereocenters. The van der Waals surface area contributed by atoms with Crippen molar-refractivity contribution in [3.63, 3.8) is 0 Å². The van der Waals surface area contributed by atoms with Gasteiger partial charge in [0.15, 0.2) is 0 Å². The predicted octanol–water partition coefficient (Wildman–Crippen LogP) is 0.672. The molecule has 0 aliphatic carbocycles. The van der Waals surface area contributed by atoms with Crippen LogP contribution >= 0.6 is 0 Å². The van der Waals surface area contributed by atoms with Crippen molar-refractivity contribution in [2.75, 3.05) is 13.7 Å². The number of carbonyl (C=O) groups excluding carboxylic acids is 2. The quantitative estimate of drug-likeness (QED) is 0.622. The van der Waals surface area contributed by atoms with E-state index in [4.69, 9.17) is 9.84 Å². The van der Waals surface area contributed by atoms with Crippen LogP contribution in [0, 0.1) is 0 Å². The molecule has 0 saturated carbocycles. The van der Waals surface area contributed by atoms with E-state index in [9.17, 15) is 14.4 Å². The number of hydrogen-bond acceptors (Lipinski definition) is 4. The molecule has 1 aromatic carbocycles. The average Bonchev–Trinajstić information content (AvgIpc) is 2.66. The van der Waals surface area contributed by atoms with Gasteiger partial charge in [-0.05, 0) is 23.8 Å². The number of aliphatic carboxylic acids is 1. The molecule has 1 aliphatic heterocycles. The minimum atomic E-state index is -1.25. The highest BCUT2D eigenvalue weighted by atomic mass is 16.5. The molecular formula is C13H12N2O5. The van der Waals surface area contributed by atoms with Gasteiger partial charge >= 0.3 is 12.0 Å². The number of nitrogens with one attached hydrogen (secondary N) is 1. The van der Waals surface area contributed by atoms with Crippen molar-refractivity contribution in [3.8, 4) is 5.75 Å². The Morgan fingerprint density at radius 1 is 1.45 bits per heavy atom. The van der Waals surface area contributed by atoms with Gasteiger partial charge in [0.1, 0.15) is 18.0 Å². The highest BCUT2D eigenvalue weighted by Crippen LogP contribution is 2.17. The second kappa shape index (κ2) is 5.43. The lowest BCUT2D eigenvalue weighted by molar-refractivity contribution is -0.140. The molecule has 1 fully saturated rings. The maximum absolute atomic E-state index is 11.9. The van der Waals surface area contributed by atoms with Crippen LogP contribution in [0.2, 0.25) is 0 Å². The van der Waals surface area contributed by atoms with E-state index in [1.165, 1.54) is 13.2 Å². The highest BCUT2D eigenvalue weighted by molar-refractivity contribution is 6.15. The van der Waals surface area contributed by atoms with Gasteiger partial charge in [0.2, 0.25) is 0 Å². The molecule has 0 aromatic heterocycles. The van der Waals surface area contributed by atoms with Crippen LogP contribution in [0.15, 0.2) is 30.0 Å². The van der Waals surface area contributed by atoms with E-state index in [1.54, 1.807) is 24.3 Å². The summed E-state index contributed by atoms with van der Waals surface area (Å²) in [5.74, 6) is -1.31. The monoisotopic (exact) mass is 276 g/mol. The van der Waals surface area contributed by atoms with Crippen LogP contribution in [-0.2, 0) is 9.59 Å². The van der Waals surface area contributed by atoms with Crippen molar-refractivity contribution >= 4 is 24.0 Å². The second-order valence-corrected chi connectivity index (χ2v) is 4.05. The summed E-state index contributed by atoms with van der Waals surface area (Å²) >= 11 is 0. The fourth-order valence-corrected chi connectivity index (χ4v) is 1.75. The van der Waals surface area contributed by atoms with Crippen LogP contribution < -0.4 is 10.1 Å². The zero-order chi connectivity index (χ0) is 14.7. The summed E-state index contributed by atoms with van der Waals surface area (Å²) in [4.78, 5) is 34.6. The van der Waals surface area contributed by atoms with Gasteiger partial charge < -0.3 is 15.2 Å². The van der Waals surface area contributed by atoms with Gasteiger partial charge in [-0.3, -0.25) is 9.59 Å². The van der Waals surface area contributed by atoms with Gasteiger partial charge in [-0.15, -0.1) is 0 Å². The molecule has 7 heteroatoms. The molecule has 1 saturated heterocycles. The van der Waals surface area contributed by atoms with E-state index in [0.717, 1.165) is 0 Å². The normalized spacial score (nSPS) is 16.4. The first-order chi connectivity index (χ1) is 9.51. The third-order valence-electron chi connectivity index (χ3n) is 2.66. The molecule has 7 nitrogen and oxygen atoms in total. The molecule has 20 heavy (non-hydrogen) atoms. The Hall–Kier alpha value is -2.83. The van der Waals surface area contributed by atoms with Crippen LogP contribution in [0.3, 0.4) is 0 Å². The Morgan fingerprint density at radius 2 is 2.20 bits per heavy atom. The van der Waals surface area contributed by atoms with Crippen LogP contribution in [0.5, 0.6) is 5.75 Å². The first kappa shape index (κ1) is 13.6. The van der Waals surface area contributed by atoms with Crippen LogP contribution in [0.1, 0.15) is 5.56 Å². The van der Waals surface area contributed by atoms with Crippen molar-refractivity contribution in [1.29, 1.82) is 0 Å². The SMILES string of the molecule is COc1cccc(/C=C2\NC(=O)N(CC(=O)O)C2=O)c1. The molecule has 3 amide bonds. The average molecular weight is 276 g/mol. The lowest BCUT2D eigenvalue weighted by Gasteiger charge is -2.06. The Labute approximate surface area is 114 Å². The minimum absolute atomic E-state index is 0.0319. The van der Waals surface area contributed by atoms with Crippen molar-refractivity contribution in [1.82, 2.24) is 10.2 Å². The molecule has 0 spiro atoms. The molecule has 0 radical (unpaired) electrons. The lowest BCUT2D eigenvalue weighted by atomic mass is 10.2. The Bertz CT molecular complexity index is 609. The first-order valence-corrected chi connectivity index (χ1v) is 5.71. The summed E-state index contributed by atoms with van der Waals surface area (Å²) in [6.45, 7) is -0.667. The summed E-state index contributed by atoms with van der Waals surface area (Å²) < 4.78 is 5.05. The molecule has 0 bridgehead atoms. The van der Waals surface area contributed by atoms with Gasteiger partial charge in [-0.1, -0.05) is 12.1 Å². The Balaban J connectivity index is 2.25. The largest absolute Gasteiger partial charge is 0.497 e. The lowest BCUT2D eigenvalue weighted by Crippen LogP contribution is -2.35. The van der Waals surface area contributed by atoms with Crippen LogP contribution in [0.25, 0.3) is 6.08 Å². The topological polar surface area (TPSA) is 95.9 Å². The smallest absolute Gasteiger partial charge is 0.329 e. The van der Waals surface area contributed by atoms with Crippen LogP contribution in [0.4, 0.5) is 4.79 Å². The number of nitrogens with zero attached hydrogens (tertiary/aromatic N) is 1. The third kappa shape index (κ3) is 2.77. The highest BCUT2D eigenvalue weighted by Gasteiger charge is 2.34. The van der Waals surface area contributed by atoms with E-state index < -0.39 is 24.5 Å². The van der Waals surface area contributed by atoms with E-state index >= 15 is 0 Å². The van der Waals surface area contributed by atoms with E-state index in [1.807, 2.05) is 0 Å². The van der Waals surface area contributed by atoms with Crippen molar-refractivity contribution in [2.24, 2.45) is 0 Å². The summed E-state index contributed by atoms with van der Waals surface area (Å²) in [6, 6.07) is 6.16. The van der Waals surface area contributed by atoms with E-state index in [2.05, 4.69) is 5.32 Å². The first-order valence-electron chi connectivity index (χ1n) is 5.71. The molecule has 1 aliphatic rings. The number of rotatable bonds is 4. The Kier molecular flexibility index (Phi) is 3.69. The number of ether oxygens (including phenoxy) is 1. The third-order valence-corrected chi connectivity index (χ3v) is 2.66. The molecular weight excluding hydrogens is 264 g/mol. The number of carbonyl (C=O) groups is 3. The molecule has 1 aromatic rings. The number of carboxylic acid groups (broad SMARTS) is 1. The summed E-state index contributed by atoms with van der Waals surface area (Å²) in [6.07, 6.45) is 1.46. The Morgan fingerprint density at radius 3 is 2.85 bits per heavy atom. The second-order valence-electron chi connectivity index (χ2n) is 4.05. The molecule has 2 N–H and O–H groups in total. The number of methoxy groups -OCH3 is 1. The number of imide groups is 1. The molecule has 104 valence electrons. The summed E-state index contributed by atoms with van der Waals surface area (Å²) in [5, 5.41) is 11.0. The number of amides is 3. The minimum Gasteiger partial charge on any atom is -0.497 e. The van der Waals surface area contributed by atoms with Gasteiger partial charge in [0.25, 0.3) is 5.91 Å². The molecule has 0 atom stereocenters. The van der Waals surface area contributed by atoms with Crippen molar-refractivity contribution in [2.45, 2.75) is 0 Å². The summed E-state index contributed by atoms with van der Waals surface area (Å²) in [7, 11) is 1.52. The zero-order valence-corrected chi connectivity index (χ0v) is 10.6. The van der Waals surface area contributed by atoms with Gasteiger partial charge in [-0.25, -0.2) is 9.69 Å². The predicted molar refractivity (Wildman–Crippen MR) is 68.9 cm³/mol. The number of urea groups is 1. The molecule has 2 rings (SSSR count). The fourth-order valence-electron chi connectivity index (χ4n) is 1.75. The maximum Gasteiger partial charge on any atom is 0.329 e. The van der Waals surface area contributed by atoms with E-state index in [0.29, 0.717) is 16.2 Å². The maximum atomic E-state index is 11.9. The van der Waals surface area contributed by atoms with Gasteiger partial charge in [0.05, 0.1) is 7.11 Å². The van der Waals surface area contributed by atoms with Crippen molar-refractivity contribution in [3.05, 3.63) is 35.5 Å². The van der Waals surface area contributed by atoms with Gasteiger partial charge in [-0.2, -0.15) is 0 Å². The standard InChI is InChI=1S/C13H12N2O5/c1-20-9-4-2-3-8(5-9)6-10-12(18)15(7-11(16)17)13(19)14-10/h2-6H,7H2,1H3,(H,14,19)(H,16,17)/b10-6-. The van der Waals surface area contributed by atoms with E-state index in [-0.39, 0.29) is 5.70 Å². The molecule has 1 heterocycles. The fraction of sp³-hybridized carbons (Fsp3) is 0.154. The summed E-state index contributed by atoms with van der Waals surface area (Å²) in [5.41, 5.74) is 0.690. The van der Waals surface area contributed by atoms with Crippen LogP contribution in [-0.4, -0.2) is 41.6 Å². The number of carboxylic acids is 1. The van der Waals surface area contributed by atoms with Gasteiger partial charge in [0, 0.05) is 0 Å². The number of benzene rings is 1.